The van der Waals surface area contributed by atoms with Crippen molar-refractivity contribution in [2.24, 2.45) is 0 Å². The van der Waals surface area contributed by atoms with Crippen molar-refractivity contribution in [2.75, 3.05) is 31.2 Å². The number of nitrogens with one attached hydrogen (secondary N) is 1. The highest BCUT2D eigenvalue weighted by atomic mass is 32.2. The molecule has 0 amide bonds. The number of halogens is 2. The van der Waals surface area contributed by atoms with Crippen LogP contribution < -0.4 is 15.8 Å². The highest BCUT2D eigenvalue weighted by Crippen LogP contribution is 2.28. The van der Waals surface area contributed by atoms with Gasteiger partial charge < -0.3 is 15.8 Å². The smallest absolute Gasteiger partial charge is 0.335 e. The van der Waals surface area contributed by atoms with Gasteiger partial charge in [0.15, 0.2) is 11.6 Å². The Labute approximate surface area is 170 Å². The van der Waals surface area contributed by atoms with Gasteiger partial charge in [0.05, 0.1) is 12.7 Å². The molecule has 13 heteroatoms. The van der Waals surface area contributed by atoms with Crippen molar-refractivity contribution in [1.29, 1.82) is 0 Å². The standard InChI is InChI=1S/C17H19F2N5O5S/c1-29-12-3-2-11(18)14(19)13(12)15(25)10-8-21-17(23-16(10)20)22-9-4-6-24(7-5-9)30(26,27)28/h2-3,8-9H,4-7H2,1H3,(H,26,27,28)(H3,20,21,22,23). The predicted molar refractivity (Wildman–Crippen MR) is 103 cm³/mol. The minimum Gasteiger partial charge on any atom is -0.496 e. The van der Waals surface area contributed by atoms with Crippen LogP contribution in [-0.2, 0) is 10.3 Å². The van der Waals surface area contributed by atoms with E-state index in [0.717, 1.165) is 22.6 Å². The molecule has 10 nitrogen and oxygen atoms in total. The molecule has 162 valence electrons. The number of anilines is 2. The Bertz CT molecular complexity index is 1070. The van der Waals surface area contributed by atoms with E-state index in [1.807, 2.05) is 0 Å². The largest absolute Gasteiger partial charge is 0.496 e. The van der Waals surface area contributed by atoms with Crippen molar-refractivity contribution in [3.8, 4) is 5.75 Å². The molecule has 3 rings (SSSR count). The molecule has 0 unspecified atom stereocenters. The first-order chi connectivity index (χ1) is 14.1. The van der Waals surface area contributed by atoms with Crippen molar-refractivity contribution >= 4 is 27.9 Å². The molecule has 0 atom stereocenters. The summed E-state index contributed by atoms with van der Waals surface area (Å²) in [6.45, 7) is 0.225. The maximum absolute atomic E-state index is 14.2. The van der Waals surface area contributed by atoms with E-state index in [2.05, 4.69) is 15.3 Å². The Morgan fingerprint density at radius 2 is 2.00 bits per heavy atom. The molecule has 0 radical (unpaired) electrons. The van der Waals surface area contributed by atoms with E-state index < -0.39 is 33.3 Å². The maximum atomic E-state index is 14.2. The van der Waals surface area contributed by atoms with E-state index in [1.165, 1.54) is 7.11 Å². The van der Waals surface area contributed by atoms with Crippen LogP contribution in [0.1, 0.15) is 28.8 Å². The number of nitrogens with two attached hydrogens (primary N) is 1. The number of piperidine rings is 1. The summed E-state index contributed by atoms with van der Waals surface area (Å²) in [5, 5.41) is 2.97. The summed E-state index contributed by atoms with van der Waals surface area (Å²) in [5.74, 6) is -3.85. The molecular weight excluding hydrogens is 424 g/mol. The number of hydrogen-bond donors (Lipinski definition) is 3. The van der Waals surface area contributed by atoms with Crippen molar-refractivity contribution in [1.82, 2.24) is 14.3 Å². The van der Waals surface area contributed by atoms with E-state index in [-0.39, 0.29) is 42.2 Å². The number of nitrogen functional groups attached to an aromatic ring is 1. The molecule has 0 aliphatic carbocycles. The number of methoxy groups -OCH3 is 1. The van der Waals surface area contributed by atoms with Gasteiger partial charge in [-0.05, 0) is 25.0 Å². The normalized spacial score (nSPS) is 15.7. The molecule has 1 aliphatic heterocycles. The Morgan fingerprint density at radius 1 is 1.33 bits per heavy atom. The summed E-state index contributed by atoms with van der Waals surface area (Å²) < 4.78 is 65.0. The molecule has 1 aromatic carbocycles. The lowest BCUT2D eigenvalue weighted by Gasteiger charge is -2.29. The second-order valence-corrected chi connectivity index (χ2v) is 7.97. The molecule has 1 aliphatic rings. The number of hydrogen-bond acceptors (Lipinski definition) is 8. The summed E-state index contributed by atoms with van der Waals surface area (Å²) in [5.41, 5.74) is 4.98. The molecular formula is C17H19F2N5O5S. The number of rotatable bonds is 6. The van der Waals surface area contributed by atoms with Crippen LogP contribution >= 0.6 is 0 Å². The quantitative estimate of drug-likeness (QED) is 0.443. The molecule has 4 N–H and O–H groups in total. The Hall–Kier alpha value is -2.90. The third kappa shape index (κ3) is 4.47. The minimum absolute atomic E-state index is 0.0843. The first-order valence-electron chi connectivity index (χ1n) is 8.80. The van der Waals surface area contributed by atoms with Gasteiger partial charge in [-0.15, -0.1) is 0 Å². The SMILES string of the molecule is COc1ccc(F)c(F)c1C(=O)c1cnc(NC2CCN(S(=O)(=O)O)CC2)nc1N. The van der Waals surface area contributed by atoms with Crippen molar-refractivity contribution < 1.29 is 31.3 Å². The number of nitrogens with zero attached hydrogens (tertiary/aromatic N) is 3. The molecule has 0 bridgehead atoms. The van der Waals surface area contributed by atoms with E-state index in [4.69, 9.17) is 15.0 Å². The number of carbonyl (C=O) groups is 1. The van der Waals surface area contributed by atoms with E-state index in [0.29, 0.717) is 12.8 Å². The summed E-state index contributed by atoms with van der Waals surface area (Å²) >= 11 is 0. The maximum Gasteiger partial charge on any atom is 0.335 e. The van der Waals surface area contributed by atoms with Crippen LogP contribution in [0, 0.1) is 11.6 Å². The van der Waals surface area contributed by atoms with Gasteiger partial charge in [0.2, 0.25) is 11.7 Å². The first-order valence-corrected chi connectivity index (χ1v) is 10.2. The van der Waals surface area contributed by atoms with E-state index in [9.17, 15) is 22.0 Å². The molecule has 30 heavy (non-hydrogen) atoms. The van der Waals surface area contributed by atoms with Gasteiger partial charge in [-0.2, -0.15) is 17.7 Å². The van der Waals surface area contributed by atoms with Crippen molar-refractivity contribution in [3.05, 3.63) is 41.1 Å². The first kappa shape index (κ1) is 21.8. The third-order valence-electron chi connectivity index (χ3n) is 4.68. The van der Waals surface area contributed by atoms with Gasteiger partial charge in [-0.25, -0.2) is 13.8 Å². The minimum atomic E-state index is -4.23. The summed E-state index contributed by atoms with van der Waals surface area (Å²) in [7, 11) is -3.02. The van der Waals surface area contributed by atoms with Crippen LogP contribution in [0.15, 0.2) is 18.3 Å². The number of carbonyl (C=O) groups excluding carboxylic acids is 1. The van der Waals surface area contributed by atoms with Crippen LogP contribution in [0.25, 0.3) is 0 Å². The van der Waals surface area contributed by atoms with Gasteiger partial charge in [0.25, 0.3) is 0 Å². The third-order valence-corrected chi connectivity index (χ3v) is 5.70. The second kappa shape index (κ2) is 8.45. The van der Waals surface area contributed by atoms with Gasteiger partial charge >= 0.3 is 10.3 Å². The molecule has 1 aromatic heterocycles. The number of ketones is 1. The van der Waals surface area contributed by atoms with Gasteiger partial charge in [-0.1, -0.05) is 0 Å². The van der Waals surface area contributed by atoms with Crippen LogP contribution in [0.5, 0.6) is 5.75 Å². The van der Waals surface area contributed by atoms with Crippen LogP contribution in [-0.4, -0.2) is 59.3 Å². The second-order valence-electron chi connectivity index (χ2n) is 6.56. The molecule has 2 aromatic rings. The lowest BCUT2D eigenvalue weighted by atomic mass is 10.0. The average Bonchev–Trinajstić information content (AvgIpc) is 2.69. The van der Waals surface area contributed by atoms with Crippen molar-refractivity contribution in [3.63, 3.8) is 0 Å². The molecule has 2 heterocycles. The highest BCUT2D eigenvalue weighted by Gasteiger charge is 2.28. The Kier molecular flexibility index (Phi) is 6.14. The zero-order valence-corrected chi connectivity index (χ0v) is 16.6. The fourth-order valence-corrected chi connectivity index (χ4v) is 3.77. The monoisotopic (exact) mass is 443 g/mol. The fourth-order valence-electron chi connectivity index (χ4n) is 3.10. The zero-order chi connectivity index (χ0) is 22.1. The molecule has 1 fully saturated rings. The van der Waals surface area contributed by atoms with Crippen LogP contribution in [0.3, 0.4) is 0 Å². The lowest BCUT2D eigenvalue weighted by Crippen LogP contribution is -2.42. The predicted octanol–water partition coefficient (Wildman–Crippen LogP) is 1.26. The molecule has 0 spiro atoms. The van der Waals surface area contributed by atoms with Gasteiger partial charge in [0, 0.05) is 25.3 Å². The number of ether oxygens (including phenoxy) is 1. The molecule has 0 saturated carbocycles. The van der Waals surface area contributed by atoms with Gasteiger partial charge in [-0.3, -0.25) is 9.35 Å². The fraction of sp³-hybridized carbons (Fsp3) is 0.353. The van der Waals surface area contributed by atoms with E-state index in [1.54, 1.807) is 0 Å². The van der Waals surface area contributed by atoms with E-state index >= 15 is 0 Å². The van der Waals surface area contributed by atoms with Crippen molar-refractivity contribution in [2.45, 2.75) is 18.9 Å². The van der Waals surface area contributed by atoms with Crippen LogP contribution in [0.4, 0.5) is 20.5 Å². The summed E-state index contributed by atoms with van der Waals surface area (Å²) in [6.07, 6.45) is 1.86. The zero-order valence-electron chi connectivity index (χ0n) is 15.8. The lowest BCUT2D eigenvalue weighted by molar-refractivity contribution is 0.103. The molecule has 1 saturated heterocycles. The topological polar surface area (TPSA) is 148 Å². The average molecular weight is 443 g/mol. The number of benzene rings is 1. The van der Waals surface area contributed by atoms with Gasteiger partial charge in [0.1, 0.15) is 17.1 Å². The Balaban J connectivity index is 1.77. The Morgan fingerprint density at radius 3 is 2.57 bits per heavy atom. The highest BCUT2D eigenvalue weighted by molar-refractivity contribution is 7.83. The summed E-state index contributed by atoms with van der Waals surface area (Å²) in [6, 6.07) is 1.77. The van der Waals surface area contributed by atoms with Crippen LogP contribution in [0.2, 0.25) is 0 Å². The summed E-state index contributed by atoms with van der Waals surface area (Å²) in [4.78, 5) is 20.7. The number of aromatic nitrogens is 2.